The Morgan fingerprint density at radius 1 is 1.06 bits per heavy atom. The highest BCUT2D eigenvalue weighted by Crippen LogP contribution is 2.38. The minimum absolute atomic E-state index is 0.0206. The normalized spacial score (nSPS) is 14.8. The summed E-state index contributed by atoms with van der Waals surface area (Å²) in [5.74, 6) is -0.347. The van der Waals surface area contributed by atoms with Crippen LogP contribution in [0, 0.1) is 0 Å². The van der Waals surface area contributed by atoms with Gasteiger partial charge in [-0.2, -0.15) is 0 Å². The van der Waals surface area contributed by atoms with E-state index in [-0.39, 0.29) is 22.3 Å². The van der Waals surface area contributed by atoms with E-state index in [2.05, 4.69) is 21.2 Å². The summed E-state index contributed by atoms with van der Waals surface area (Å²) in [4.78, 5) is 27.1. The molecule has 35 heavy (non-hydrogen) atoms. The van der Waals surface area contributed by atoms with Crippen LogP contribution in [0.15, 0.2) is 76.8 Å². The zero-order valence-electron chi connectivity index (χ0n) is 18.6. The number of hydrogen-bond acceptors (Lipinski definition) is 5. The molecule has 6 nitrogen and oxygen atoms in total. The van der Waals surface area contributed by atoms with Crippen LogP contribution in [0.1, 0.15) is 18.1 Å². The zero-order chi connectivity index (χ0) is 24.9. The molecular weight excluding hydrogens is 552 g/mol. The van der Waals surface area contributed by atoms with Crippen molar-refractivity contribution in [2.45, 2.75) is 13.5 Å². The lowest BCUT2D eigenvalue weighted by atomic mass is 10.1. The molecular formula is C26H20BrClN2O4S. The Bertz CT molecular complexity index is 1330. The number of nitrogens with zero attached hydrogens (tertiary/aromatic N) is 1. The van der Waals surface area contributed by atoms with Crippen LogP contribution in [0.2, 0.25) is 5.02 Å². The lowest BCUT2D eigenvalue weighted by molar-refractivity contribution is -0.122. The number of thiocarbonyl (C=S) groups is 1. The van der Waals surface area contributed by atoms with E-state index in [0.717, 1.165) is 10.0 Å². The molecule has 4 rings (SSSR count). The predicted octanol–water partition coefficient (Wildman–Crippen LogP) is 5.91. The van der Waals surface area contributed by atoms with Crippen molar-refractivity contribution in [3.05, 3.63) is 92.9 Å². The maximum absolute atomic E-state index is 13.2. The predicted molar refractivity (Wildman–Crippen MR) is 144 cm³/mol. The molecule has 1 N–H and O–H groups in total. The van der Waals surface area contributed by atoms with Crippen LogP contribution < -0.4 is 19.7 Å². The number of carbonyl (C=O) groups is 2. The van der Waals surface area contributed by atoms with E-state index in [1.54, 1.807) is 36.4 Å². The molecule has 0 unspecified atom stereocenters. The zero-order valence-corrected chi connectivity index (χ0v) is 21.7. The van der Waals surface area contributed by atoms with Gasteiger partial charge in [0.05, 0.1) is 17.3 Å². The van der Waals surface area contributed by atoms with Crippen molar-refractivity contribution in [2.75, 3.05) is 11.5 Å². The van der Waals surface area contributed by atoms with Gasteiger partial charge in [0.2, 0.25) is 0 Å². The molecule has 3 aromatic rings. The third-order valence-electron chi connectivity index (χ3n) is 5.09. The lowest BCUT2D eigenvalue weighted by Gasteiger charge is -2.28. The first kappa shape index (κ1) is 24.9. The molecule has 0 aromatic heterocycles. The lowest BCUT2D eigenvalue weighted by Crippen LogP contribution is -2.54. The average Bonchev–Trinajstić information content (AvgIpc) is 2.83. The first-order valence-corrected chi connectivity index (χ1v) is 12.3. The molecule has 1 aliphatic rings. The molecule has 0 bridgehead atoms. The highest BCUT2D eigenvalue weighted by Gasteiger charge is 2.34. The fourth-order valence-corrected chi connectivity index (χ4v) is 4.43. The number of carbonyl (C=O) groups excluding carboxylic acids is 2. The van der Waals surface area contributed by atoms with Gasteiger partial charge in [-0.05, 0) is 61.1 Å². The second kappa shape index (κ2) is 11.0. The van der Waals surface area contributed by atoms with Crippen molar-refractivity contribution in [3.8, 4) is 11.5 Å². The van der Waals surface area contributed by atoms with E-state index in [0.29, 0.717) is 29.4 Å². The minimum atomic E-state index is -0.587. The molecule has 1 saturated heterocycles. The third-order valence-corrected chi connectivity index (χ3v) is 6.43. The fourth-order valence-electron chi connectivity index (χ4n) is 3.48. The minimum Gasteiger partial charge on any atom is -0.490 e. The van der Waals surface area contributed by atoms with Gasteiger partial charge >= 0.3 is 0 Å². The number of nitrogens with one attached hydrogen (secondary N) is 1. The van der Waals surface area contributed by atoms with Crippen molar-refractivity contribution in [3.63, 3.8) is 0 Å². The van der Waals surface area contributed by atoms with Crippen LogP contribution in [0.5, 0.6) is 11.5 Å². The summed E-state index contributed by atoms with van der Waals surface area (Å²) in [6, 6.07) is 19.9. The number of amides is 2. The van der Waals surface area contributed by atoms with Crippen LogP contribution in [0.3, 0.4) is 0 Å². The molecule has 0 radical (unpaired) electrons. The van der Waals surface area contributed by atoms with E-state index < -0.39 is 11.8 Å². The Morgan fingerprint density at radius 2 is 1.77 bits per heavy atom. The van der Waals surface area contributed by atoms with Crippen molar-refractivity contribution < 1.29 is 19.1 Å². The maximum atomic E-state index is 13.2. The molecule has 3 aromatic carbocycles. The third kappa shape index (κ3) is 5.56. The molecule has 0 aliphatic carbocycles. The van der Waals surface area contributed by atoms with Crippen molar-refractivity contribution in [1.82, 2.24) is 5.32 Å². The summed E-state index contributed by atoms with van der Waals surface area (Å²) in [6.45, 7) is 2.48. The molecule has 1 fully saturated rings. The Labute approximate surface area is 221 Å². The van der Waals surface area contributed by atoms with Gasteiger partial charge in [-0.1, -0.05) is 63.9 Å². The number of hydrogen-bond donors (Lipinski definition) is 1. The summed E-state index contributed by atoms with van der Waals surface area (Å²) in [7, 11) is 0. The van der Waals surface area contributed by atoms with E-state index in [1.165, 1.54) is 11.0 Å². The van der Waals surface area contributed by atoms with Gasteiger partial charge < -0.3 is 9.47 Å². The number of ether oxygens (including phenoxy) is 2. The number of anilines is 1. The maximum Gasteiger partial charge on any atom is 0.270 e. The summed E-state index contributed by atoms with van der Waals surface area (Å²) >= 11 is 15.3. The fraction of sp³-hybridized carbons (Fsp3) is 0.115. The molecule has 0 atom stereocenters. The Kier molecular flexibility index (Phi) is 7.85. The molecule has 0 spiro atoms. The smallest absolute Gasteiger partial charge is 0.270 e. The van der Waals surface area contributed by atoms with Crippen molar-refractivity contribution >= 4 is 68.4 Å². The average molecular weight is 572 g/mol. The van der Waals surface area contributed by atoms with Gasteiger partial charge in [-0.3, -0.25) is 19.8 Å². The SMILES string of the molecule is CCOc1cc(/C=C2/C(=O)NC(=S)N(c3ccccc3)C2=O)cc(Cl)c1OCc1ccccc1Br. The number of para-hydroxylation sites is 1. The van der Waals surface area contributed by atoms with Crippen LogP contribution in [-0.4, -0.2) is 23.5 Å². The molecule has 1 heterocycles. The molecule has 0 saturated carbocycles. The van der Waals surface area contributed by atoms with Gasteiger partial charge in [0, 0.05) is 10.0 Å². The van der Waals surface area contributed by atoms with Gasteiger partial charge in [0.25, 0.3) is 11.8 Å². The van der Waals surface area contributed by atoms with Crippen LogP contribution in [-0.2, 0) is 16.2 Å². The van der Waals surface area contributed by atoms with Crippen molar-refractivity contribution in [2.24, 2.45) is 0 Å². The molecule has 1 aliphatic heterocycles. The molecule has 2 amide bonds. The first-order chi connectivity index (χ1) is 16.9. The Hall–Kier alpha value is -3.20. The standard InChI is InChI=1S/C26H20BrClN2O4S/c1-2-33-22-14-16(13-21(28)23(22)34-15-17-8-6-7-11-20(17)27)12-19-24(31)29-26(35)30(25(19)32)18-9-4-3-5-10-18/h3-14H,2,15H2,1H3,(H,29,31,35)/b19-12-. The summed E-state index contributed by atoms with van der Waals surface area (Å²) in [6.07, 6.45) is 1.46. The number of benzene rings is 3. The quantitative estimate of drug-likeness (QED) is 0.217. The summed E-state index contributed by atoms with van der Waals surface area (Å²) in [5, 5.41) is 2.88. The van der Waals surface area contributed by atoms with Gasteiger partial charge in [-0.25, -0.2) is 0 Å². The van der Waals surface area contributed by atoms with Crippen LogP contribution in [0.25, 0.3) is 6.08 Å². The number of halogens is 2. The highest BCUT2D eigenvalue weighted by molar-refractivity contribution is 9.10. The van der Waals surface area contributed by atoms with Crippen LogP contribution >= 0.6 is 39.7 Å². The second-order valence-corrected chi connectivity index (χ2v) is 9.08. The van der Waals surface area contributed by atoms with Gasteiger partial charge in [-0.15, -0.1) is 0 Å². The van der Waals surface area contributed by atoms with E-state index in [9.17, 15) is 9.59 Å². The topological polar surface area (TPSA) is 67.9 Å². The first-order valence-electron chi connectivity index (χ1n) is 10.7. The summed E-state index contributed by atoms with van der Waals surface area (Å²) < 4.78 is 12.7. The van der Waals surface area contributed by atoms with Gasteiger partial charge in [0.1, 0.15) is 12.2 Å². The second-order valence-electron chi connectivity index (χ2n) is 7.44. The molecule has 9 heteroatoms. The number of rotatable bonds is 7. The van der Waals surface area contributed by atoms with Crippen LogP contribution in [0.4, 0.5) is 5.69 Å². The van der Waals surface area contributed by atoms with E-state index in [4.69, 9.17) is 33.3 Å². The Morgan fingerprint density at radius 3 is 2.49 bits per heavy atom. The van der Waals surface area contributed by atoms with Crippen molar-refractivity contribution in [1.29, 1.82) is 0 Å². The summed E-state index contributed by atoms with van der Waals surface area (Å²) in [5.41, 5.74) is 1.92. The Balaban J connectivity index is 1.66. The largest absolute Gasteiger partial charge is 0.490 e. The van der Waals surface area contributed by atoms with Gasteiger partial charge in [0.15, 0.2) is 16.6 Å². The van der Waals surface area contributed by atoms with E-state index in [1.807, 2.05) is 37.3 Å². The highest BCUT2D eigenvalue weighted by atomic mass is 79.9. The molecule has 178 valence electrons. The monoisotopic (exact) mass is 570 g/mol. The van der Waals surface area contributed by atoms with E-state index >= 15 is 0 Å².